The van der Waals surface area contributed by atoms with Gasteiger partial charge in [0.25, 0.3) is 5.91 Å². The molecule has 1 saturated heterocycles. The molecule has 0 spiro atoms. The van der Waals surface area contributed by atoms with E-state index in [4.69, 9.17) is 9.47 Å². The number of benzene rings is 2. The van der Waals surface area contributed by atoms with Crippen LogP contribution in [0.25, 0.3) is 0 Å². The zero-order chi connectivity index (χ0) is 24.5. The molecular weight excluding hydrogens is 435 g/mol. The molecule has 0 aliphatic carbocycles. The molecule has 184 valence electrons. The quantitative estimate of drug-likeness (QED) is 0.373. The van der Waals surface area contributed by atoms with E-state index >= 15 is 0 Å². The number of unbranched alkanes of at least 4 members (excludes halogenated alkanes) is 2. The standard InChI is InChI=1S/C27H35FN2O4/c1-4-5-6-15-33-27(32)23-9-13-25(14-10-23)34-19-26(31)30-17-20(2)29(16-21(30)3)18-22-7-11-24(28)12-8-22/h7-14,20-21H,4-6,15-19H2,1-3H3/t20-,21+/m0/s1. The second kappa shape index (κ2) is 12.5. The lowest BCUT2D eigenvalue weighted by Gasteiger charge is -2.44. The molecule has 2 aromatic carbocycles. The Balaban J connectivity index is 1.46. The van der Waals surface area contributed by atoms with E-state index in [1.54, 1.807) is 36.4 Å². The van der Waals surface area contributed by atoms with Gasteiger partial charge >= 0.3 is 5.97 Å². The summed E-state index contributed by atoms with van der Waals surface area (Å²) >= 11 is 0. The average Bonchev–Trinajstić information content (AvgIpc) is 2.84. The van der Waals surface area contributed by atoms with Gasteiger partial charge in [-0.3, -0.25) is 9.69 Å². The third-order valence-corrected chi connectivity index (χ3v) is 6.17. The Morgan fingerprint density at radius 3 is 2.35 bits per heavy atom. The molecule has 6 nitrogen and oxygen atoms in total. The van der Waals surface area contributed by atoms with Gasteiger partial charge in [0.2, 0.25) is 0 Å². The van der Waals surface area contributed by atoms with E-state index in [2.05, 4.69) is 18.7 Å². The van der Waals surface area contributed by atoms with Crippen molar-refractivity contribution in [2.45, 2.75) is 58.7 Å². The van der Waals surface area contributed by atoms with Crippen LogP contribution in [0.15, 0.2) is 48.5 Å². The number of carbonyl (C=O) groups excluding carboxylic acids is 2. The molecule has 34 heavy (non-hydrogen) atoms. The summed E-state index contributed by atoms with van der Waals surface area (Å²) in [6.45, 7) is 8.65. The van der Waals surface area contributed by atoms with Gasteiger partial charge in [0.05, 0.1) is 12.2 Å². The normalized spacial score (nSPS) is 18.5. The van der Waals surface area contributed by atoms with Crippen molar-refractivity contribution in [2.24, 2.45) is 0 Å². The molecule has 2 atom stereocenters. The van der Waals surface area contributed by atoms with Crippen LogP contribution < -0.4 is 4.74 Å². The topological polar surface area (TPSA) is 59.1 Å². The summed E-state index contributed by atoms with van der Waals surface area (Å²) in [7, 11) is 0. The van der Waals surface area contributed by atoms with Crippen molar-refractivity contribution < 1.29 is 23.5 Å². The molecule has 0 N–H and O–H groups in total. The van der Waals surface area contributed by atoms with Crippen molar-refractivity contribution in [3.63, 3.8) is 0 Å². The van der Waals surface area contributed by atoms with Crippen molar-refractivity contribution >= 4 is 11.9 Å². The molecule has 0 aromatic heterocycles. The maximum atomic E-state index is 13.2. The Kier molecular flexibility index (Phi) is 9.45. The van der Waals surface area contributed by atoms with E-state index in [0.29, 0.717) is 24.5 Å². The molecule has 1 aliphatic heterocycles. The number of hydrogen-bond donors (Lipinski definition) is 0. The highest BCUT2D eigenvalue weighted by Gasteiger charge is 2.32. The lowest BCUT2D eigenvalue weighted by Crippen LogP contribution is -2.58. The number of esters is 1. The molecule has 1 aliphatic rings. The SMILES string of the molecule is CCCCCOC(=O)c1ccc(OCC(=O)N2C[C@H](C)N(Cc3ccc(F)cc3)C[C@H]2C)cc1. The highest BCUT2D eigenvalue weighted by molar-refractivity contribution is 5.89. The lowest BCUT2D eigenvalue weighted by atomic mass is 10.1. The van der Waals surface area contributed by atoms with E-state index in [1.807, 2.05) is 11.8 Å². The first-order valence-electron chi connectivity index (χ1n) is 12.0. The van der Waals surface area contributed by atoms with Crippen LogP contribution in [0.1, 0.15) is 56.0 Å². The van der Waals surface area contributed by atoms with Crippen LogP contribution in [-0.4, -0.2) is 60.1 Å². The first-order chi connectivity index (χ1) is 16.4. The van der Waals surface area contributed by atoms with Gasteiger partial charge in [0, 0.05) is 31.7 Å². The summed E-state index contributed by atoms with van der Waals surface area (Å²) < 4.78 is 24.1. The maximum Gasteiger partial charge on any atom is 0.338 e. The van der Waals surface area contributed by atoms with Gasteiger partial charge in [-0.05, 0) is 62.2 Å². The second-order valence-corrected chi connectivity index (χ2v) is 8.96. The summed E-state index contributed by atoms with van der Waals surface area (Å²) in [5.74, 6) is -0.121. The number of ether oxygens (including phenoxy) is 2. The monoisotopic (exact) mass is 470 g/mol. The highest BCUT2D eigenvalue weighted by Crippen LogP contribution is 2.19. The summed E-state index contributed by atoms with van der Waals surface area (Å²) in [5, 5.41) is 0. The van der Waals surface area contributed by atoms with Crippen molar-refractivity contribution in [1.82, 2.24) is 9.80 Å². The van der Waals surface area contributed by atoms with Crippen molar-refractivity contribution in [2.75, 3.05) is 26.3 Å². The summed E-state index contributed by atoms with van der Waals surface area (Å²) in [6, 6.07) is 13.4. The molecule has 7 heteroatoms. The third kappa shape index (κ3) is 7.29. The van der Waals surface area contributed by atoms with E-state index in [1.165, 1.54) is 12.1 Å². The van der Waals surface area contributed by atoms with Crippen LogP contribution in [0.3, 0.4) is 0 Å². The average molecular weight is 471 g/mol. The molecule has 2 aromatic rings. The van der Waals surface area contributed by atoms with Gasteiger partial charge in [-0.1, -0.05) is 31.9 Å². The predicted molar refractivity (Wildman–Crippen MR) is 129 cm³/mol. The van der Waals surface area contributed by atoms with Crippen LogP contribution >= 0.6 is 0 Å². The summed E-state index contributed by atoms with van der Waals surface area (Å²) in [5.41, 5.74) is 1.52. The first kappa shape index (κ1) is 25.7. The number of hydrogen-bond acceptors (Lipinski definition) is 5. The molecule has 1 fully saturated rings. The van der Waals surface area contributed by atoms with Crippen LogP contribution in [0, 0.1) is 5.82 Å². The van der Waals surface area contributed by atoms with Crippen molar-refractivity contribution in [3.05, 3.63) is 65.5 Å². The fourth-order valence-corrected chi connectivity index (χ4v) is 4.11. The number of carbonyl (C=O) groups is 2. The third-order valence-electron chi connectivity index (χ3n) is 6.17. The largest absolute Gasteiger partial charge is 0.484 e. The Morgan fingerprint density at radius 1 is 0.971 bits per heavy atom. The lowest BCUT2D eigenvalue weighted by molar-refractivity contribution is -0.139. The highest BCUT2D eigenvalue weighted by atomic mass is 19.1. The Hall–Kier alpha value is -2.93. The molecule has 0 saturated carbocycles. The van der Waals surface area contributed by atoms with Gasteiger partial charge < -0.3 is 14.4 Å². The summed E-state index contributed by atoms with van der Waals surface area (Å²) in [6.07, 6.45) is 2.98. The van der Waals surface area contributed by atoms with E-state index < -0.39 is 0 Å². The smallest absolute Gasteiger partial charge is 0.338 e. The number of halogens is 1. The van der Waals surface area contributed by atoms with Gasteiger partial charge in [-0.25, -0.2) is 9.18 Å². The van der Waals surface area contributed by atoms with Gasteiger partial charge in [-0.15, -0.1) is 0 Å². The molecule has 0 bridgehead atoms. The number of amides is 1. The fourth-order valence-electron chi connectivity index (χ4n) is 4.11. The molecule has 0 radical (unpaired) electrons. The second-order valence-electron chi connectivity index (χ2n) is 8.96. The van der Waals surface area contributed by atoms with Gasteiger partial charge in [0.15, 0.2) is 6.61 Å². The Bertz CT molecular complexity index is 933. The van der Waals surface area contributed by atoms with E-state index in [0.717, 1.165) is 37.9 Å². The number of rotatable bonds is 10. The summed E-state index contributed by atoms with van der Waals surface area (Å²) in [4.78, 5) is 29.1. The Labute approximate surface area is 201 Å². The van der Waals surface area contributed by atoms with Crippen LogP contribution in [0.2, 0.25) is 0 Å². The molecule has 0 unspecified atom stereocenters. The first-order valence-corrected chi connectivity index (χ1v) is 12.0. The van der Waals surface area contributed by atoms with Crippen molar-refractivity contribution in [1.29, 1.82) is 0 Å². The molecule has 3 rings (SSSR count). The van der Waals surface area contributed by atoms with Crippen LogP contribution in [0.4, 0.5) is 4.39 Å². The zero-order valence-corrected chi connectivity index (χ0v) is 20.3. The van der Waals surface area contributed by atoms with Crippen molar-refractivity contribution in [3.8, 4) is 5.75 Å². The molecule has 1 heterocycles. The van der Waals surface area contributed by atoms with Gasteiger partial charge in [-0.2, -0.15) is 0 Å². The number of nitrogens with zero attached hydrogens (tertiary/aromatic N) is 2. The fraction of sp³-hybridized carbons (Fsp3) is 0.481. The maximum absolute atomic E-state index is 13.2. The minimum absolute atomic E-state index is 0.0394. The van der Waals surface area contributed by atoms with E-state index in [9.17, 15) is 14.0 Å². The number of piperazine rings is 1. The minimum atomic E-state index is -0.347. The molecular formula is C27H35FN2O4. The Morgan fingerprint density at radius 2 is 1.68 bits per heavy atom. The van der Waals surface area contributed by atoms with Crippen LogP contribution in [0.5, 0.6) is 5.75 Å². The van der Waals surface area contributed by atoms with Crippen LogP contribution in [-0.2, 0) is 16.1 Å². The zero-order valence-electron chi connectivity index (χ0n) is 20.3. The molecule has 1 amide bonds. The predicted octanol–water partition coefficient (Wildman–Crippen LogP) is 4.67. The minimum Gasteiger partial charge on any atom is -0.484 e. The van der Waals surface area contributed by atoms with Gasteiger partial charge in [0.1, 0.15) is 11.6 Å². The van der Waals surface area contributed by atoms with E-state index in [-0.39, 0.29) is 36.4 Å².